The zero-order chi connectivity index (χ0) is 14.5. The molecule has 1 rings (SSSR count). The standard InChI is InChI=1S/C15H22F3N/c1-11(2)9-14(19-3)8-7-12-5-4-6-13(10-12)15(16,17)18/h4-6,10-11,14,19H,7-9H2,1-3H3. The van der Waals surface area contributed by atoms with E-state index < -0.39 is 11.7 Å². The fraction of sp³-hybridized carbons (Fsp3) is 0.600. The highest BCUT2D eigenvalue weighted by Crippen LogP contribution is 2.29. The van der Waals surface area contributed by atoms with Gasteiger partial charge >= 0.3 is 6.18 Å². The molecular weight excluding hydrogens is 251 g/mol. The Morgan fingerprint density at radius 2 is 1.89 bits per heavy atom. The van der Waals surface area contributed by atoms with Gasteiger partial charge in [-0.3, -0.25) is 0 Å². The molecule has 0 radical (unpaired) electrons. The fourth-order valence-corrected chi connectivity index (χ4v) is 2.19. The molecule has 0 spiro atoms. The molecule has 0 aromatic heterocycles. The van der Waals surface area contributed by atoms with Crippen LogP contribution in [0.15, 0.2) is 24.3 Å². The van der Waals surface area contributed by atoms with E-state index in [0.717, 1.165) is 24.5 Å². The molecule has 1 N–H and O–H groups in total. The van der Waals surface area contributed by atoms with Gasteiger partial charge in [0.2, 0.25) is 0 Å². The van der Waals surface area contributed by atoms with Gasteiger partial charge in [0.1, 0.15) is 0 Å². The molecule has 0 bridgehead atoms. The van der Waals surface area contributed by atoms with Crippen LogP contribution < -0.4 is 5.32 Å². The van der Waals surface area contributed by atoms with Crippen molar-refractivity contribution < 1.29 is 13.2 Å². The van der Waals surface area contributed by atoms with Gasteiger partial charge in [-0.1, -0.05) is 32.0 Å². The molecule has 4 heteroatoms. The van der Waals surface area contributed by atoms with Crippen LogP contribution in [0.25, 0.3) is 0 Å². The first-order valence-corrected chi connectivity index (χ1v) is 6.66. The van der Waals surface area contributed by atoms with E-state index in [-0.39, 0.29) is 0 Å². The first-order chi connectivity index (χ1) is 8.82. The van der Waals surface area contributed by atoms with Crippen molar-refractivity contribution in [3.8, 4) is 0 Å². The van der Waals surface area contributed by atoms with Crippen molar-refractivity contribution in [3.63, 3.8) is 0 Å². The van der Waals surface area contributed by atoms with E-state index in [1.54, 1.807) is 6.07 Å². The van der Waals surface area contributed by atoms with Gasteiger partial charge in [0.05, 0.1) is 5.56 Å². The van der Waals surface area contributed by atoms with Gasteiger partial charge in [-0.05, 0) is 43.9 Å². The van der Waals surface area contributed by atoms with Crippen molar-refractivity contribution in [1.29, 1.82) is 0 Å². The minimum Gasteiger partial charge on any atom is -0.317 e. The molecule has 0 fully saturated rings. The summed E-state index contributed by atoms with van der Waals surface area (Å²) in [7, 11) is 1.90. The normalized spacial score (nSPS) is 13.8. The highest BCUT2D eigenvalue weighted by atomic mass is 19.4. The lowest BCUT2D eigenvalue weighted by Crippen LogP contribution is -2.27. The van der Waals surface area contributed by atoms with Crippen LogP contribution in [0.5, 0.6) is 0 Å². The summed E-state index contributed by atoms with van der Waals surface area (Å²) in [6, 6.07) is 5.97. The van der Waals surface area contributed by atoms with Crippen LogP contribution in [0.2, 0.25) is 0 Å². The molecule has 1 aromatic rings. The van der Waals surface area contributed by atoms with Crippen molar-refractivity contribution in [2.75, 3.05) is 7.05 Å². The first-order valence-electron chi connectivity index (χ1n) is 6.66. The van der Waals surface area contributed by atoms with Crippen LogP contribution in [0.4, 0.5) is 13.2 Å². The Kier molecular flexibility index (Phi) is 5.85. The van der Waals surface area contributed by atoms with Gasteiger partial charge in [0, 0.05) is 6.04 Å². The number of rotatable bonds is 6. The van der Waals surface area contributed by atoms with E-state index in [9.17, 15) is 13.2 Å². The molecule has 1 aromatic carbocycles. The van der Waals surface area contributed by atoms with Crippen molar-refractivity contribution in [3.05, 3.63) is 35.4 Å². The summed E-state index contributed by atoms with van der Waals surface area (Å²) in [5, 5.41) is 3.23. The lowest BCUT2D eigenvalue weighted by Gasteiger charge is -2.18. The van der Waals surface area contributed by atoms with E-state index in [1.807, 2.05) is 7.05 Å². The van der Waals surface area contributed by atoms with E-state index in [2.05, 4.69) is 19.2 Å². The maximum Gasteiger partial charge on any atom is 0.416 e. The largest absolute Gasteiger partial charge is 0.416 e. The molecule has 0 aliphatic carbocycles. The fourth-order valence-electron chi connectivity index (χ4n) is 2.19. The van der Waals surface area contributed by atoms with Crippen molar-refractivity contribution in [1.82, 2.24) is 5.32 Å². The molecule has 19 heavy (non-hydrogen) atoms. The van der Waals surface area contributed by atoms with Crippen molar-refractivity contribution in [2.24, 2.45) is 5.92 Å². The van der Waals surface area contributed by atoms with E-state index >= 15 is 0 Å². The van der Waals surface area contributed by atoms with Gasteiger partial charge in [0.25, 0.3) is 0 Å². The molecule has 0 amide bonds. The number of hydrogen-bond acceptors (Lipinski definition) is 1. The lowest BCUT2D eigenvalue weighted by molar-refractivity contribution is -0.137. The van der Waals surface area contributed by atoms with Gasteiger partial charge in [0.15, 0.2) is 0 Å². The number of hydrogen-bond donors (Lipinski definition) is 1. The monoisotopic (exact) mass is 273 g/mol. The molecule has 0 aliphatic heterocycles. The molecule has 0 saturated heterocycles. The molecule has 0 saturated carbocycles. The molecule has 0 aliphatic rings. The summed E-state index contributed by atoms with van der Waals surface area (Å²) in [4.78, 5) is 0. The van der Waals surface area contributed by atoms with Crippen LogP contribution in [0, 0.1) is 5.92 Å². The van der Waals surface area contributed by atoms with Crippen LogP contribution in [0.3, 0.4) is 0 Å². The Morgan fingerprint density at radius 1 is 1.21 bits per heavy atom. The summed E-state index contributed by atoms with van der Waals surface area (Å²) < 4.78 is 37.8. The number of nitrogens with one attached hydrogen (secondary N) is 1. The molecule has 1 unspecified atom stereocenters. The molecule has 1 atom stereocenters. The predicted molar refractivity (Wildman–Crippen MR) is 72.1 cm³/mol. The maximum absolute atomic E-state index is 12.6. The minimum atomic E-state index is -4.25. The number of alkyl halides is 3. The quantitative estimate of drug-likeness (QED) is 0.816. The molecular formula is C15H22F3N. The highest BCUT2D eigenvalue weighted by molar-refractivity contribution is 5.25. The summed E-state index contributed by atoms with van der Waals surface area (Å²) in [6.07, 6.45) is -1.69. The third-order valence-electron chi connectivity index (χ3n) is 3.20. The number of aryl methyl sites for hydroxylation is 1. The van der Waals surface area contributed by atoms with Gasteiger partial charge in [-0.25, -0.2) is 0 Å². The van der Waals surface area contributed by atoms with Crippen LogP contribution in [-0.4, -0.2) is 13.1 Å². The zero-order valence-electron chi connectivity index (χ0n) is 11.7. The first kappa shape index (κ1) is 16.0. The molecule has 0 heterocycles. The Hall–Kier alpha value is -1.03. The average molecular weight is 273 g/mol. The van der Waals surface area contributed by atoms with E-state index in [4.69, 9.17) is 0 Å². The SMILES string of the molecule is CNC(CCc1cccc(C(F)(F)F)c1)CC(C)C. The molecule has 1 nitrogen and oxygen atoms in total. The van der Waals surface area contributed by atoms with Crippen molar-refractivity contribution >= 4 is 0 Å². The van der Waals surface area contributed by atoms with Crippen molar-refractivity contribution in [2.45, 2.75) is 45.3 Å². The smallest absolute Gasteiger partial charge is 0.317 e. The summed E-state index contributed by atoms with van der Waals surface area (Å²) in [6.45, 7) is 4.29. The predicted octanol–water partition coefficient (Wildman–Crippen LogP) is 4.27. The summed E-state index contributed by atoms with van der Waals surface area (Å²) in [5.74, 6) is 0.582. The van der Waals surface area contributed by atoms with E-state index in [0.29, 0.717) is 18.4 Å². The number of halogens is 3. The Morgan fingerprint density at radius 3 is 2.42 bits per heavy atom. The second kappa shape index (κ2) is 6.94. The zero-order valence-corrected chi connectivity index (χ0v) is 11.7. The van der Waals surface area contributed by atoms with E-state index in [1.165, 1.54) is 12.1 Å². The molecule has 108 valence electrons. The van der Waals surface area contributed by atoms with Gasteiger partial charge in [-0.15, -0.1) is 0 Å². The Labute approximate surface area is 113 Å². The van der Waals surface area contributed by atoms with Crippen LogP contribution in [-0.2, 0) is 12.6 Å². The third kappa shape index (κ3) is 5.64. The summed E-state index contributed by atoms with van der Waals surface area (Å²) in [5.41, 5.74) is 0.189. The van der Waals surface area contributed by atoms with Gasteiger partial charge < -0.3 is 5.32 Å². The van der Waals surface area contributed by atoms with Gasteiger partial charge in [-0.2, -0.15) is 13.2 Å². The second-order valence-electron chi connectivity index (χ2n) is 5.35. The highest BCUT2D eigenvalue weighted by Gasteiger charge is 2.30. The maximum atomic E-state index is 12.6. The van der Waals surface area contributed by atoms with Crippen LogP contribution >= 0.6 is 0 Å². The topological polar surface area (TPSA) is 12.0 Å². The second-order valence-corrected chi connectivity index (χ2v) is 5.35. The Balaban J connectivity index is 2.62. The minimum absolute atomic E-state index is 0.356. The lowest BCUT2D eigenvalue weighted by atomic mass is 9.97. The summed E-state index contributed by atoms with van der Waals surface area (Å²) >= 11 is 0. The average Bonchev–Trinajstić information content (AvgIpc) is 2.33. The Bertz CT molecular complexity index is 385. The third-order valence-corrected chi connectivity index (χ3v) is 3.20. The van der Waals surface area contributed by atoms with Crippen LogP contribution in [0.1, 0.15) is 37.8 Å². The number of benzene rings is 1.